The number of aromatic amines is 1. The molecule has 0 aliphatic heterocycles. The van der Waals surface area contributed by atoms with Gasteiger partial charge in [0.25, 0.3) is 0 Å². The van der Waals surface area contributed by atoms with Gasteiger partial charge in [-0.2, -0.15) is 13.4 Å². The number of rotatable bonds is 4. The van der Waals surface area contributed by atoms with Crippen molar-refractivity contribution < 1.29 is 22.1 Å². The van der Waals surface area contributed by atoms with Gasteiger partial charge in [0, 0.05) is 6.07 Å². The Bertz CT molecular complexity index is 983. The molecule has 9 nitrogen and oxygen atoms in total. The molecule has 2 heterocycles. The van der Waals surface area contributed by atoms with Crippen LogP contribution >= 0.6 is 0 Å². The van der Waals surface area contributed by atoms with Gasteiger partial charge in [-0.25, -0.2) is 14.7 Å². The number of hydrogen-bond acceptors (Lipinski definition) is 7. The summed E-state index contributed by atoms with van der Waals surface area (Å²) in [7, 11) is -2.21. The fourth-order valence-corrected chi connectivity index (χ4v) is 2.51. The summed E-state index contributed by atoms with van der Waals surface area (Å²) < 4.78 is 33.0. The molecular weight excluding hydrogens is 324 g/mol. The number of nitrogens with one attached hydrogen (secondary N) is 1. The molecule has 0 amide bonds. The second-order valence-corrected chi connectivity index (χ2v) is 6.24. The molecule has 10 heteroatoms. The normalized spacial score (nSPS) is 11.6. The molecular formula is C13H12N4O5S. The highest BCUT2D eigenvalue weighted by Gasteiger charge is 2.18. The van der Waals surface area contributed by atoms with Gasteiger partial charge in [-0.15, -0.1) is 0 Å². The average molecular weight is 336 g/mol. The van der Waals surface area contributed by atoms with Crippen LogP contribution in [0, 0.1) is 5.21 Å². The largest absolute Gasteiger partial charge is 0.710 e. The van der Waals surface area contributed by atoms with E-state index in [1.807, 2.05) is 0 Å². The van der Waals surface area contributed by atoms with Crippen LogP contribution in [0.2, 0.25) is 0 Å². The zero-order valence-corrected chi connectivity index (χ0v) is 13.0. The number of benzene rings is 1. The monoisotopic (exact) mass is 336 g/mol. The molecule has 3 rings (SSSR count). The number of ether oxygens (including phenoxy) is 1. The van der Waals surface area contributed by atoms with Crippen molar-refractivity contribution in [3.63, 3.8) is 0 Å². The first kappa shape index (κ1) is 15.0. The smallest absolute Gasteiger partial charge is 0.329 e. The zero-order valence-electron chi connectivity index (χ0n) is 12.2. The second-order valence-electron chi connectivity index (χ2n) is 4.66. The van der Waals surface area contributed by atoms with Crippen LogP contribution in [0.15, 0.2) is 30.6 Å². The highest BCUT2D eigenvalue weighted by atomic mass is 32.2. The molecule has 0 aliphatic rings. The first-order valence-corrected chi connectivity index (χ1v) is 8.21. The minimum atomic E-state index is -3.64. The Morgan fingerprint density at radius 3 is 2.78 bits per heavy atom. The summed E-state index contributed by atoms with van der Waals surface area (Å²) in [6.07, 6.45) is 3.55. The Labute approximate surface area is 131 Å². The van der Waals surface area contributed by atoms with E-state index in [4.69, 9.17) is 8.92 Å². The Morgan fingerprint density at radius 1 is 1.35 bits per heavy atom. The van der Waals surface area contributed by atoms with Crippen molar-refractivity contribution in [2.24, 2.45) is 0 Å². The van der Waals surface area contributed by atoms with E-state index in [1.165, 1.54) is 31.6 Å². The summed E-state index contributed by atoms with van der Waals surface area (Å²) >= 11 is 0. The van der Waals surface area contributed by atoms with E-state index in [0.717, 1.165) is 6.26 Å². The molecule has 0 bridgehead atoms. The van der Waals surface area contributed by atoms with E-state index in [0.29, 0.717) is 21.9 Å². The number of H-pyrrole nitrogens is 1. The van der Waals surface area contributed by atoms with Crippen LogP contribution in [0.25, 0.3) is 22.7 Å². The lowest BCUT2D eigenvalue weighted by atomic mass is 10.2. The maximum absolute atomic E-state index is 11.7. The minimum Gasteiger partial charge on any atom is -0.710 e. The Balaban J connectivity index is 2.09. The second kappa shape index (κ2) is 5.39. The van der Waals surface area contributed by atoms with Crippen molar-refractivity contribution in [2.45, 2.75) is 0 Å². The molecule has 0 spiro atoms. The van der Waals surface area contributed by atoms with E-state index in [9.17, 15) is 13.6 Å². The molecule has 1 aromatic carbocycles. The van der Waals surface area contributed by atoms with Crippen LogP contribution in [0.5, 0.6) is 11.5 Å². The summed E-state index contributed by atoms with van der Waals surface area (Å²) in [6.45, 7) is 0. The van der Waals surface area contributed by atoms with Crippen molar-refractivity contribution in [2.75, 3.05) is 13.4 Å². The molecule has 120 valence electrons. The Kier molecular flexibility index (Phi) is 3.52. The fourth-order valence-electron chi connectivity index (χ4n) is 2.06. The Morgan fingerprint density at radius 2 is 2.13 bits per heavy atom. The summed E-state index contributed by atoms with van der Waals surface area (Å²) in [5.41, 5.74) is 1.00. The molecule has 1 N–H and O–H groups in total. The molecule has 0 saturated heterocycles. The molecule has 0 saturated carbocycles. The van der Waals surface area contributed by atoms with Crippen LogP contribution in [0.1, 0.15) is 0 Å². The molecule has 0 atom stereocenters. The summed E-state index contributed by atoms with van der Waals surface area (Å²) in [5.74, 6) is 0.815. The molecule has 3 aromatic rings. The minimum absolute atomic E-state index is 0.112. The summed E-state index contributed by atoms with van der Waals surface area (Å²) in [5, 5.41) is 11.7. The van der Waals surface area contributed by atoms with Gasteiger partial charge in [0.15, 0.2) is 0 Å². The average Bonchev–Trinajstić information content (AvgIpc) is 2.90. The van der Waals surface area contributed by atoms with Gasteiger partial charge < -0.3 is 14.1 Å². The van der Waals surface area contributed by atoms with Gasteiger partial charge in [0.05, 0.1) is 25.1 Å². The first-order valence-electron chi connectivity index (χ1n) is 6.39. The molecule has 0 unspecified atom stereocenters. The summed E-state index contributed by atoms with van der Waals surface area (Å²) in [6, 6.07) is 4.46. The van der Waals surface area contributed by atoms with Gasteiger partial charge in [0.2, 0.25) is 11.5 Å². The fraction of sp³-hybridized carbons (Fsp3) is 0.154. The molecule has 23 heavy (non-hydrogen) atoms. The van der Waals surface area contributed by atoms with Crippen molar-refractivity contribution in [3.05, 3.63) is 35.8 Å². The lowest BCUT2D eigenvalue weighted by Gasteiger charge is -2.08. The maximum Gasteiger partial charge on any atom is 0.329 e. The van der Waals surface area contributed by atoms with Crippen molar-refractivity contribution in [1.29, 1.82) is 0 Å². The summed E-state index contributed by atoms with van der Waals surface area (Å²) in [4.78, 5) is 11.1. The van der Waals surface area contributed by atoms with E-state index in [1.54, 1.807) is 6.07 Å². The maximum atomic E-state index is 11.7. The van der Waals surface area contributed by atoms with E-state index in [-0.39, 0.29) is 17.0 Å². The number of hydrogen-bond donors (Lipinski definition) is 1. The van der Waals surface area contributed by atoms with Crippen LogP contribution in [0.3, 0.4) is 0 Å². The third-order valence-corrected chi connectivity index (χ3v) is 3.46. The third kappa shape index (κ3) is 3.01. The highest BCUT2D eigenvalue weighted by molar-refractivity contribution is 7.86. The van der Waals surface area contributed by atoms with Crippen LogP contribution in [-0.4, -0.2) is 36.7 Å². The van der Waals surface area contributed by atoms with Crippen LogP contribution in [-0.2, 0) is 10.1 Å². The van der Waals surface area contributed by atoms with Gasteiger partial charge in [-0.05, 0) is 12.1 Å². The van der Waals surface area contributed by atoms with Crippen LogP contribution < -0.4 is 13.7 Å². The predicted molar refractivity (Wildman–Crippen MR) is 80.3 cm³/mol. The number of imidazole rings is 1. The predicted octanol–water partition coefficient (Wildman–Crippen LogP) is 0.605. The van der Waals surface area contributed by atoms with E-state index in [2.05, 4.69) is 15.0 Å². The van der Waals surface area contributed by atoms with Crippen LogP contribution in [0.4, 0.5) is 0 Å². The lowest BCUT2D eigenvalue weighted by molar-refractivity contribution is -0.579. The molecule has 2 aromatic heterocycles. The van der Waals surface area contributed by atoms with Gasteiger partial charge >= 0.3 is 15.8 Å². The lowest BCUT2D eigenvalue weighted by Crippen LogP contribution is -2.26. The number of nitrogens with zero attached hydrogens (tertiary/aromatic N) is 3. The topological polar surface area (TPSA) is 121 Å². The molecule has 0 radical (unpaired) electrons. The van der Waals surface area contributed by atoms with Gasteiger partial charge in [0.1, 0.15) is 17.7 Å². The SMILES string of the molecule is COc1cc(OS(C)(=O)=O)ccc1-c1nc2ncc[n+]([O-])c2[nH]1. The van der Waals surface area contributed by atoms with Gasteiger partial charge in [-0.1, -0.05) is 0 Å². The molecule has 0 aliphatic carbocycles. The number of fused-ring (bicyclic) bond motifs is 1. The molecule has 0 fully saturated rings. The highest BCUT2D eigenvalue weighted by Crippen LogP contribution is 2.32. The standard InChI is InChI=1S/C13H12N4O5S/c1-21-10-7-8(22-23(2,19)20)3-4-9(10)11-15-12-13(16-11)17(18)6-5-14-12/h3-7H,1-2H3,(H,14,15,16). The van der Waals surface area contributed by atoms with Gasteiger partial charge in [-0.3, -0.25) is 0 Å². The van der Waals surface area contributed by atoms with Crippen molar-refractivity contribution >= 4 is 21.4 Å². The van der Waals surface area contributed by atoms with E-state index >= 15 is 0 Å². The quantitative estimate of drug-likeness (QED) is 0.421. The first-order chi connectivity index (χ1) is 10.9. The number of methoxy groups -OCH3 is 1. The van der Waals surface area contributed by atoms with Crippen molar-refractivity contribution in [1.82, 2.24) is 15.0 Å². The Hall–Kier alpha value is -2.88. The number of aromatic nitrogens is 4. The van der Waals surface area contributed by atoms with Crippen molar-refractivity contribution in [3.8, 4) is 22.9 Å². The van der Waals surface area contributed by atoms with E-state index < -0.39 is 10.1 Å². The third-order valence-electron chi connectivity index (χ3n) is 2.96. The zero-order chi connectivity index (χ0) is 16.6.